The topological polar surface area (TPSA) is 89.1 Å². The summed E-state index contributed by atoms with van der Waals surface area (Å²) in [6, 6.07) is 10.7. The molecule has 144 valence electrons. The fourth-order valence-corrected chi connectivity index (χ4v) is 2.86. The Morgan fingerprint density at radius 1 is 1.18 bits per heavy atom. The van der Waals surface area contributed by atoms with Gasteiger partial charge in [-0.25, -0.2) is 4.98 Å². The minimum absolute atomic E-state index is 0.271. The molecule has 0 bridgehead atoms. The van der Waals surface area contributed by atoms with Crippen LogP contribution in [0.1, 0.15) is 11.4 Å². The van der Waals surface area contributed by atoms with Crippen LogP contribution >= 0.6 is 11.6 Å². The van der Waals surface area contributed by atoms with Gasteiger partial charge in [0.25, 0.3) is 0 Å². The number of anilines is 1. The fourth-order valence-electron chi connectivity index (χ4n) is 2.56. The Kier molecular flexibility index (Phi) is 5.96. The Morgan fingerprint density at radius 2 is 1.93 bits per heavy atom. The first-order chi connectivity index (χ1) is 13.5. The molecule has 1 heterocycles. The van der Waals surface area contributed by atoms with Gasteiger partial charge in [-0.2, -0.15) is 5.10 Å². The molecule has 0 aliphatic heterocycles. The molecule has 0 aliphatic carbocycles. The number of amides is 1. The summed E-state index contributed by atoms with van der Waals surface area (Å²) in [4.78, 5) is 16.5. The van der Waals surface area contributed by atoms with E-state index < -0.39 is 0 Å². The van der Waals surface area contributed by atoms with Crippen LogP contribution in [-0.2, 0) is 4.79 Å². The largest absolute Gasteiger partial charge is 0.493 e. The molecule has 0 spiro atoms. The maximum Gasteiger partial charge on any atom is 0.248 e. The predicted octanol–water partition coefficient (Wildman–Crippen LogP) is 4.10. The van der Waals surface area contributed by atoms with Crippen molar-refractivity contribution in [3.05, 3.63) is 58.9 Å². The van der Waals surface area contributed by atoms with E-state index in [1.54, 1.807) is 30.3 Å². The van der Waals surface area contributed by atoms with Gasteiger partial charge in [0, 0.05) is 17.3 Å². The van der Waals surface area contributed by atoms with Gasteiger partial charge in [0.1, 0.15) is 5.82 Å². The first-order valence-electron chi connectivity index (χ1n) is 8.40. The quantitative estimate of drug-likeness (QED) is 0.610. The number of ether oxygens (including phenoxy) is 2. The number of nitrogens with zero attached hydrogens (tertiary/aromatic N) is 2. The number of hydrogen-bond donors (Lipinski definition) is 2. The number of aryl methyl sites for hydroxylation is 1. The third kappa shape index (κ3) is 4.50. The highest BCUT2D eigenvalue weighted by Gasteiger charge is 2.10. The Morgan fingerprint density at radius 3 is 2.54 bits per heavy atom. The molecule has 7 nitrogen and oxygen atoms in total. The van der Waals surface area contributed by atoms with E-state index in [0.29, 0.717) is 33.6 Å². The van der Waals surface area contributed by atoms with E-state index in [-0.39, 0.29) is 5.91 Å². The molecule has 8 heteroatoms. The van der Waals surface area contributed by atoms with Crippen molar-refractivity contribution in [1.82, 2.24) is 15.2 Å². The van der Waals surface area contributed by atoms with Gasteiger partial charge >= 0.3 is 0 Å². The van der Waals surface area contributed by atoms with E-state index in [4.69, 9.17) is 21.1 Å². The van der Waals surface area contributed by atoms with Gasteiger partial charge in [0.05, 0.1) is 19.2 Å². The molecule has 2 N–H and O–H groups in total. The summed E-state index contributed by atoms with van der Waals surface area (Å²) in [5.41, 5.74) is 2.24. The zero-order chi connectivity index (χ0) is 20.1. The van der Waals surface area contributed by atoms with E-state index >= 15 is 0 Å². The maximum absolute atomic E-state index is 12.2. The van der Waals surface area contributed by atoms with E-state index in [1.807, 2.05) is 19.1 Å². The molecular formula is C20H19ClN4O3. The first kappa shape index (κ1) is 19.4. The van der Waals surface area contributed by atoms with Gasteiger partial charge in [-0.3, -0.25) is 9.89 Å². The molecule has 28 heavy (non-hydrogen) atoms. The monoisotopic (exact) mass is 398 g/mol. The number of nitrogens with one attached hydrogen (secondary N) is 2. The number of aromatic amines is 1. The van der Waals surface area contributed by atoms with Crippen LogP contribution in [0.4, 0.5) is 5.69 Å². The molecule has 0 saturated heterocycles. The predicted molar refractivity (Wildman–Crippen MR) is 109 cm³/mol. The van der Waals surface area contributed by atoms with E-state index in [1.165, 1.54) is 20.3 Å². The molecule has 0 unspecified atom stereocenters. The lowest BCUT2D eigenvalue weighted by Gasteiger charge is -2.10. The summed E-state index contributed by atoms with van der Waals surface area (Å²) >= 11 is 6.17. The molecular weight excluding hydrogens is 380 g/mol. The van der Waals surface area contributed by atoms with Gasteiger partial charge in [-0.05, 0) is 55.0 Å². The van der Waals surface area contributed by atoms with Crippen LogP contribution in [0, 0.1) is 6.92 Å². The van der Waals surface area contributed by atoms with Crippen molar-refractivity contribution < 1.29 is 14.3 Å². The summed E-state index contributed by atoms with van der Waals surface area (Å²) in [7, 11) is 3.04. The summed E-state index contributed by atoms with van der Waals surface area (Å²) in [6.07, 6.45) is 3.07. The average molecular weight is 399 g/mol. The lowest BCUT2D eigenvalue weighted by Crippen LogP contribution is -2.07. The second kappa shape index (κ2) is 8.58. The van der Waals surface area contributed by atoms with Gasteiger partial charge in [0.2, 0.25) is 5.91 Å². The Hall–Kier alpha value is -3.32. The van der Waals surface area contributed by atoms with Crippen LogP contribution in [0.3, 0.4) is 0 Å². The van der Waals surface area contributed by atoms with Crippen LogP contribution in [-0.4, -0.2) is 35.3 Å². The minimum atomic E-state index is -0.271. The third-order valence-electron chi connectivity index (χ3n) is 3.89. The van der Waals surface area contributed by atoms with Crippen molar-refractivity contribution >= 4 is 29.3 Å². The SMILES string of the molecule is COc1cc(/C=C/C(=O)Nc2ccc(-c3n[nH]c(C)n3)cc2)cc(Cl)c1OC. The molecule has 0 atom stereocenters. The molecule has 0 radical (unpaired) electrons. The number of carbonyl (C=O) groups excluding carboxylic acids is 1. The average Bonchev–Trinajstić information content (AvgIpc) is 3.12. The van der Waals surface area contributed by atoms with E-state index in [0.717, 1.165) is 11.4 Å². The highest BCUT2D eigenvalue weighted by molar-refractivity contribution is 6.32. The number of hydrogen-bond acceptors (Lipinski definition) is 5. The minimum Gasteiger partial charge on any atom is -0.493 e. The number of H-pyrrole nitrogens is 1. The van der Waals surface area contributed by atoms with Crippen molar-refractivity contribution in [2.75, 3.05) is 19.5 Å². The van der Waals surface area contributed by atoms with Crippen LogP contribution in [0.25, 0.3) is 17.5 Å². The lowest BCUT2D eigenvalue weighted by atomic mass is 10.1. The molecule has 1 amide bonds. The van der Waals surface area contributed by atoms with Crippen LogP contribution in [0.15, 0.2) is 42.5 Å². The second-order valence-corrected chi connectivity index (χ2v) is 6.29. The van der Waals surface area contributed by atoms with Crippen molar-refractivity contribution in [1.29, 1.82) is 0 Å². The Bertz CT molecular complexity index is 1010. The normalized spacial score (nSPS) is 10.9. The van der Waals surface area contributed by atoms with Crippen LogP contribution in [0.2, 0.25) is 5.02 Å². The fraction of sp³-hybridized carbons (Fsp3) is 0.150. The van der Waals surface area contributed by atoms with Crippen molar-refractivity contribution in [3.63, 3.8) is 0 Å². The number of aromatic nitrogens is 3. The molecule has 0 aliphatic rings. The van der Waals surface area contributed by atoms with Gasteiger partial charge in [0.15, 0.2) is 17.3 Å². The number of halogens is 1. The molecule has 2 aromatic carbocycles. The third-order valence-corrected chi connectivity index (χ3v) is 4.17. The van der Waals surface area contributed by atoms with Crippen molar-refractivity contribution in [3.8, 4) is 22.9 Å². The van der Waals surface area contributed by atoms with Gasteiger partial charge in [-0.15, -0.1) is 0 Å². The summed E-state index contributed by atoms with van der Waals surface area (Å²) in [6.45, 7) is 1.84. The standard InChI is InChI=1S/C20H19ClN4O3/c1-12-22-20(25-24-12)14-5-7-15(8-6-14)23-18(26)9-4-13-10-16(21)19(28-3)17(11-13)27-2/h4-11H,1-3H3,(H,23,26)(H,22,24,25)/b9-4+. The van der Waals surface area contributed by atoms with Gasteiger partial charge < -0.3 is 14.8 Å². The second-order valence-electron chi connectivity index (χ2n) is 5.88. The maximum atomic E-state index is 12.2. The number of carbonyl (C=O) groups is 1. The summed E-state index contributed by atoms with van der Waals surface area (Å²) < 4.78 is 10.5. The summed E-state index contributed by atoms with van der Waals surface area (Å²) in [5, 5.41) is 10.1. The van der Waals surface area contributed by atoms with Crippen LogP contribution in [0.5, 0.6) is 11.5 Å². The molecule has 3 rings (SSSR count). The number of rotatable bonds is 6. The number of methoxy groups -OCH3 is 2. The van der Waals surface area contributed by atoms with E-state index in [9.17, 15) is 4.79 Å². The smallest absolute Gasteiger partial charge is 0.248 e. The Balaban J connectivity index is 1.67. The van der Waals surface area contributed by atoms with Crippen molar-refractivity contribution in [2.24, 2.45) is 0 Å². The molecule has 3 aromatic rings. The van der Waals surface area contributed by atoms with Crippen molar-refractivity contribution in [2.45, 2.75) is 6.92 Å². The molecule has 1 aromatic heterocycles. The summed E-state index contributed by atoms with van der Waals surface area (Å²) in [5.74, 6) is 2.03. The number of benzene rings is 2. The van der Waals surface area contributed by atoms with E-state index in [2.05, 4.69) is 20.5 Å². The zero-order valence-electron chi connectivity index (χ0n) is 15.6. The first-order valence-corrected chi connectivity index (χ1v) is 8.78. The van der Waals surface area contributed by atoms with Gasteiger partial charge in [-0.1, -0.05) is 11.6 Å². The highest BCUT2D eigenvalue weighted by Crippen LogP contribution is 2.36. The lowest BCUT2D eigenvalue weighted by molar-refractivity contribution is -0.111. The molecule has 0 saturated carbocycles. The molecule has 0 fully saturated rings. The zero-order valence-corrected chi connectivity index (χ0v) is 16.4. The van der Waals surface area contributed by atoms with Crippen LogP contribution < -0.4 is 14.8 Å². The highest BCUT2D eigenvalue weighted by atomic mass is 35.5. The Labute approximate surface area is 167 Å².